The molecule has 174 valence electrons. The molecule has 3 saturated heterocycles. The van der Waals surface area contributed by atoms with E-state index in [4.69, 9.17) is 9.84 Å². The van der Waals surface area contributed by atoms with Crippen LogP contribution in [0.1, 0.15) is 24.5 Å². The largest absolute Gasteiger partial charge is 0.497 e. The van der Waals surface area contributed by atoms with Gasteiger partial charge in [0.25, 0.3) is 0 Å². The number of aromatic nitrogens is 2. The third kappa shape index (κ3) is 4.43. The lowest BCUT2D eigenvalue weighted by Crippen LogP contribution is -2.56. The number of hydrogen-bond donors (Lipinski definition) is 1. The van der Waals surface area contributed by atoms with E-state index in [1.54, 1.807) is 31.4 Å². The minimum atomic E-state index is -3.48. The zero-order chi connectivity index (χ0) is 23.0. The Labute approximate surface area is 195 Å². The van der Waals surface area contributed by atoms with E-state index in [0.717, 1.165) is 42.9 Å². The maximum atomic E-state index is 12.6. The maximum Gasteiger partial charge on any atom is 0.240 e. The van der Waals surface area contributed by atoms with Gasteiger partial charge in [-0.1, -0.05) is 18.2 Å². The van der Waals surface area contributed by atoms with Gasteiger partial charge in [-0.2, -0.15) is 5.10 Å². The molecule has 0 saturated carbocycles. The molecule has 6 rings (SSSR count). The third-order valence-corrected chi connectivity index (χ3v) is 8.56. The average molecular weight is 467 g/mol. The Balaban J connectivity index is 1.27. The maximum absolute atomic E-state index is 12.6. The second-order valence-corrected chi connectivity index (χ2v) is 10.8. The average Bonchev–Trinajstić information content (AvgIpc) is 3.25. The molecule has 3 aliphatic heterocycles. The van der Waals surface area contributed by atoms with Crippen LogP contribution in [-0.4, -0.2) is 55.9 Å². The molecule has 33 heavy (non-hydrogen) atoms. The predicted octanol–water partition coefficient (Wildman–Crippen LogP) is 3.25. The van der Waals surface area contributed by atoms with Crippen LogP contribution in [0.2, 0.25) is 0 Å². The number of hydrogen-bond acceptors (Lipinski definition) is 5. The highest BCUT2D eigenvalue weighted by molar-refractivity contribution is 7.89. The van der Waals surface area contributed by atoms with E-state index in [9.17, 15) is 8.42 Å². The first-order valence-corrected chi connectivity index (χ1v) is 12.9. The monoisotopic (exact) mass is 466 g/mol. The molecule has 1 aromatic heterocycles. The van der Waals surface area contributed by atoms with Crippen LogP contribution in [0.15, 0.2) is 65.6 Å². The molecule has 1 unspecified atom stereocenters. The van der Waals surface area contributed by atoms with Gasteiger partial charge in [0.1, 0.15) is 5.75 Å². The summed E-state index contributed by atoms with van der Waals surface area (Å²) < 4.78 is 35.4. The molecule has 0 amide bonds. The molecule has 7 nitrogen and oxygen atoms in total. The standard InChI is InChI=1S/C25H30N4O3S/c1-28-25(15-24(27-28)18-8-10-21(32-2)11-9-18)23-17-29-13-12-19(23)14-20(29)16-26-33(30,31)22-6-4-3-5-7-22/h3-11,15,19-20,23,26H,12-14,16-17H2,1-2H3/t19-,20+,23+/m0/s1. The quantitative estimate of drug-likeness (QED) is 0.579. The van der Waals surface area contributed by atoms with Crippen LogP contribution in [-0.2, 0) is 17.1 Å². The van der Waals surface area contributed by atoms with Gasteiger partial charge in [0, 0.05) is 43.4 Å². The highest BCUT2D eigenvalue weighted by atomic mass is 32.2. The molecule has 0 radical (unpaired) electrons. The molecule has 8 heteroatoms. The smallest absolute Gasteiger partial charge is 0.240 e. The number of ether oxygens (including phenoxy) is 1. The molecule has 3 aromatic rings. The molecule has 4 heterocycles. The summed E-state index contributed by atoms with van der Waals surface area (Å²) in [5.74, 6) is 1.77. The summed E-state index contributed by atoms with van der Waals surface area (Å²) in [5, 5.41) is 4.78. The van der Waals surface area contributed by atoms with Gasteiger partial charge in [-0.3, -0.25) is 9.58 Å². The van der Waals surface area contributed by atoms with Crippen LogP contribution >= 0.6 is 0 Å². The van der Waals surface area contributed by atoms with Crippen LogP contribution in [0, 0.1) is 5.92 Å². The molecule has 3 fully saturated rings. The van der Waals surface area contributed by atoms with Crippen molar-refractivity contribution in [2.24, 2.45) is 13.0 Å². The summed E-state index contributed by atoms with van der Waals surface area (Å²) in [6, 6.07) is 19.0. The predicted molar refractivity (Wildman–Crippen MR) is 128 cm³/mol. The summed E-state index contributed by atoms with van der Waals surface area (Å²) in [4.78, 5) is 2.76. The molecule has 0 aliphatic carbocycles. The Hall–Kier alpha value is -2.68. The Morgan fingerprint density at radius 3 is 2.55 bits per heavy atom. The van der Waals surface area contributed by atoms with Gasteiger partial charge in [0.15, 0.2) is 0 Å². The number of benzene rings is 2. The molecule has 3 aliphatic rings. The number of rotatable bonds is 7. The summed E-state index contributed by atoms with van der Waals surface area (Å²) in [7, 11) is 0.206. The van der Waals surface area contributed by atoms with E-state index in [0.29, 0.717) is 23.3 Å². The van der Waals surface area contributed by atoms with Crippen molar-refractivity contribution in [3.63, 3.8) is 0 Å². The van der Waals surface area contributed by atoms with Crippen molar-refractivity contribution in [2.45, 2.75) is 29.7 Å². The highest BCUT2D eigenvalue weighted by Gasteiger charge is 2.42. The van der Waals surface area contributed by atoms with E-state index < -0.39 is 10.0 Å². The van der Waals surface area contributed by atoms with Crippen LogP contribution in [0.5, 0.6) is 5.75 Å². The lowest BCUT2D eigenvalue weighted by molar-refractivity contribution is 0.0306. The molecule has 0 spiro atoms. The SMILES string of the molecule is COc1ccc(-c2cc([C@@H]3CN4CC[C@H]3C[C@@H]4CNS(=O)(=O)c3ccccc3)n(C)n2)cc1. The fourth-order valence-corrected chi connectivity index (χ4v) is 6.40. The minimum absolute atomic E-state index is 0.229. The summed E-state index contributed by atoms with van der Waals surface area (Å²) in [6.45, 7) is 2.40. The van der Waals surface area contributed by atoms with Crippen LogP contribution in [0.4, 0.5) is 0 Å². The van der Waals surface area contributed by atoms with Gasteiger partial charge in [0.2, 0.25) is 10.0 Å². The van der Waals surface area contributed by atoms with E-state index in [2.05, 4.69) is 15.7 Å². The lowest BCUT2D eigenvalue weighted by Gasteiger charge is -2.49. The Morgan fingerprint density at radius 2 is 1.88 bits per heavy atom. The van der Waals surface area contributed by atoms with E-state index in [1.807, 2.05) is 42.1 Å². The number of piperidine rings is 3. The Morgan fingerprint density at radius 1 is 1.12 bits per heavy atom. The van der Waals surface area contributed by atoms with Crippen LogP contribution in [0.3, 0.4) is 0 Å². The van der Waals surface area contributed by atoms with Gasteiger partial charge >= 0.3 is 0 Å². The first-order chi connectivity index (χ1) is 15.9. The van der Waals surface area contributed by atoms with E-state index in [-0.39, 0.29) is 6.04 Å². The van der Waals surface area contributed by atoms with E-state index in [1.165, 1.54) is 5.69 Å². The zero-order valence-electron chi connectivity index (χ0n) is 19.0. The molecule has 4 atom stereocenters. The second-order valence-electron chi connectivity index (χ2n) is 9.01. The summed E-state index contributed by atoms with van der Waals surface area (Å²) >= 11 is 0. The van der Waals surface area contributed by atoms with Crippen LogP contribution in [0.25, 0.3) is 11.3 Å². The topological polar surface area (TPSA) is 76.5 Å². The fourth-order valence-electron chi connectivity index (χ4n) is 5.31. The first kappa shape index (κ1) is 22.1. The van der Waals surface area contributed by atoms with Crippen molar-refractivity contribution in [2.75, 3.05) is 26.7 Å². The number of sulfonamides is 1. The van der Waals surface area contributed by atoms with Crippen molar-refractivity contribution < 1.29 is 13.2 Å². The zero-order valence-corrected chi connectivity index (χ0v) is 19.8. The van der Waals surface area contributed by atoms with Crippen molar-refractivity contribution in [3.8, 4) is 17.0 Å². The molecular weight excluding hydrogens is 436 g/mol. The molecule has 2 aromatic carbocycles. The molecule has 2 bridgehead atoms. The van der Waals surface area contributed by atoms with Gasteiger partial charge in [-0.05, 0) is 67.8 Å². The normalized spacial score (nSPS) is 24.7. The number of nitrogens with zero attached hydrogens (tertiary/aromatic N) is 3. The van der Waals surface area contributed by atoms with Gasteiger partial charge in [0.05, 0.1) is 17.7 Å². The molecule has 1 N–H and O–H groups in total. The van der Waals surface area contributed by atoms with Gasteiger partial charge < -0.3 is 4.74 Å². The number of aryl methyl sites for hydroxylation is 1. The summed E-state index contributed by atoms with van der Waals surface area (Å²) in [5.41, 5.74) is 3.30. The minimum Gasteiger partial charge on any atom is -0.497 e. The van der Waals surface area contributed by atoms with Gasteiger partial charge in [-0.25, -0.2) is 13.1 Å². The van der Waals surface area contributed by atoms with Gasteiger partial charge in [-0.15, -0.1) is 0 Å². The van der Waals surface area contributed by atoms with Crippen molar-refractivity contribution in [1.29, 1.82) is 0 Å². The Bertz CT molecular complexity index is 1210. The third-order valence-electron chi connectivity index (χ3n) is 7.12. The van der Waals surface area contributed by atoms with E-state index >= 15 is 0 Å². The lowest BCUT2D eigenvalue weighted by atomic mass is 9.74. The number of fused-ring (bicyclic) bond motifs is 3. The van der Waals surface area contributed by atoms with Crippen molar-refractivity contribution in [3.05, 3.63) is 66.4 Å². The highest BCUT2D eigenvalue weighted by Crippen LogP contribution is 2.42. The summed E-state index contributed by atoms with van der Waals surface area (Å²) in [6.07, 6.45) is 2.13. The second kappa shape index (κ2) is 8.93. The number of nitrogens with one attached hydrogen (secondary N) is 1. The van der Waals surface area contributed by atoms with Crippen LogP contribution < -0.4 is 9.46 Å². The van der Waals surface area contributed by atoms with Crippen molar-refractivity contribution >= 4 is 10.0 Å². The Kier molecular flexibility index (Phi) is 5.99. The fraction of sp³-hybridized carbons (Fsp3) is 0.400. The van der Waals surface area contributed by atoms with Crippen molar-refractivity contribution in [1.82, 2.24) is 19.4 Å². The number of methoxy groups -OCH3 is 1. The molecular formula is C25H30N4O3S. The first-order valence-electron chi connectivity index (χ1n) is 11.4.